The molecule has 1 unspecified atom stereocenters. The van der Waals surface area contributed by atoms with Crippen LogP contribution < -0.4 is 0 Å². The number of hydrogen-bond donors (Lipinski definition) is 14. The number of rotatable bonds is 12. The zero-order chi connectivity index (χ0) is 61.3. The molecule has 10 aliphatic rings. The van der Waals surface area contributed by atoms with Crippen LogP contribution in [0.25, 0.3) is 0 Å². The first-order valence-electron chi connectivity index (χ1n) is 30.5. The Morgan fingerprint density at radius 3 is 1.76 bits per heavy atom. The van der Waals surface area contributed by atoms with Gasteiger partial charge in [0.25, 0.3) is 0 Å². The van der Waals surface area contributed by atoms with Crippen LogP contribution in [-0.4, -0.2) is 251 Å². The minimum absolute atomic E-state index is 0.150. The molecule has 0 aromatic rings. The molecule has 5 heterocycles. The van der Waals surface area contributed by atoms with E-state index in [0.29, 0.717) is 38.5 Å². The Labute approximate surface area is 490 Å². The number of fused-ring (bicyclic) bond motifs is 7. The van der Waals surface area contributed by atoms with Crippen molar-refractivity contribution in [1.82, 2.24) is 0 Å². The summed E-state index contributed by atoms with van der Waals surface area (Å²) in [6.07, 6.45) is -27.9. The highest BCUT2D eigenvalue weighted by Crippen LogP contribution is 2.76. The third-order valence-electron chi connectivity index (χ3n) is 23.0. The molecule has 32 atom stereocenters. The number of esters is 1. The molecule has 0 aromatic carbocycles. The fourth-order valence-electron chi connectivity index (χ4n) is 17.5. The van der Waals surface area contributed by atoms with Gasteiger partial charge in [-0.15, -0.1) is 0 Å². The minimum Gasteiger partial charge on any atom is -0.432 e. The molecular weight excluding hydrogens is 1110 g/mol. The Morgan fingerprint density at radius 1 is 0.560 bits per heavy atom. The number of carbonyl (C=O) groups is 1. The summed E-state index contributed by atoms with van der Waals surface area (Å²) in [7, 11) is 0. The fourth-order valence-corrected chi connectivity index (χ4v) is 17.5. The van der Waals surface area contributed by atoms with Crippen LogP contribution in [0.5, 0.6) is 0 Å². The first-order valence-corrected chi connectivity index (χ1v) is 30.5. The van der Waals surface area contributed by atoms with Crippen molar-refractivity contribution in [3.05, 3.63) is 11.6 Å². The molecular formula is C59H96O25. The topological polar surface area (TPSA) is 393 Å². The van der Waals surface area contributed by atoms with Gasteiger partial charge in [0.05, 0.1) is 43.5 Å². The average Bonchev–Trinajstić information content (AvgIpc) is 0.705. The maximum atomic E-state index is 15.2. The van der Waals surface area contributed by atoms with Crippen molar-refractivity contribution < 1.29 is 124 Å². The van der Waals surface area contributed by atoms with Gasteiger partial charge in [0.2, 0.25) is 6.29 Å². The number of aliphatic hydroxyl groups excluding tert-OH is 14. The van der Waals surface area contributed by atoms with E-state index in [9.17, 15) is 71.5 Å². The van der Waals surface area contributed by atoms with E-state index in [0.717, 1.165) is 25.7 Å². The summed E-state index contributed by atoms with van der Waals surface area (Å²) in [5, 5.41) is 151. The van der Waals surface area contributed by atoms with E-state index in [1.165, 1.54) is 19.4 Å². The van der Waals surface area contributed by atoms with Crippen molar-refractivity contribution >= 4 is 5.97 Å². The highest BCUT2D eigenvalue weighted by molar-refractivity contribution is 5.79. The number of allylic oxidation sites excluding steroid dienone is 2. The lowest BCUT2D eigenvalue weighted by molar-refractivity contribution is -0.364. The zero-order valence-corrected chi connectivity index (χ0v) is 49.7. The molecule has 25 heteroatoms. The summed E-state index contributed by atoms with van der Waals surface area (Å²) < 4.78 is 59.6. The van der Waals surface area contributed by atoms with E-state index >= 15 is 4.79 Å². The van der Waals surface area contributed by atoms with Crippen molar-refractivity contribution in [2.24, 2.45) is 50.2 Å². The summed E-state index contributed by atoms with van der Waals surface area (Å²) in [5.41, 5.74) is -1.12. The van der Waals surface area contributed by atoms with Crippen LogP contribution in [0.15, 0.2) is 11.6 Å². The van der Waals surface area contributed by atoms with E-state index in [2.05, 4.69) is 54.5 Å². The first-order chi connectivity index (χ1) is 39.3. The second-order valence-corrected chi connectivity index (χ2v) is 28.6. The molecule has 0 spiro atoms. The predicted molar refractivity (Wildman–Crippen MR) is 287 cm³/mol. The van der Waals surface area contributed by atoms with Gasteiger partial charge in [-0.05, 0) is 123 Å². The van der Waals surface area contributed by atoms with Crippen molar-refractivity contribution in [2.45, 2.75) is 280 Å². The SMILES string of the molecule is C[C@@H]1O[C@@H](O[C@H]2[C@H](OC3CC[C@]4(C)[C@H]5CC=C6[C@@H]7CC(C)(C)CC[C@]7(C(=O)O[C@@H]7O[C@H](CO[C@@H]8O[C@H](CO)[C@@H](O[C@@H]9O[C@@H](C)[C@H](O)[C@@H](O)[C@H]9O)[C@H](O)[C@H]8O)[C@@H](O)[C@H](O)[C@H]7O)CC[C@@]6(C)[C@]5(C)CC[C@H]4C3(C)C)OC[C@H](O)[C@@H]2O)[C@H](O)[C@H](O)[C@H]1O. The van der Waals surface area contributed by atoms with Crippen molar-refractivity contribution in [3.8, 4) is 0 Å². The molecule has 4 saturated carbocycles. The van der Waals surface area contributed by atoms with Crippen LogP contribution in [0, 0.1) is 50.2 Å². The quantitative estimate of drug-likeness (QED) is 0.0600. The standard InChI is InChI=1S/C59H96O25/c1-24-34(62)38(66)42(70)49(77-24)82-46-29(21-60)79-48(45(73)41(46)69)76-23-30-37(65)40(68)44(72)51(80-30)84-53(74)59-18-16-54(3,4)20-27(59)26-10-11-32-56(7)14-13-33(55(5,6)31(56)12-15-58(32,9)57(26,8)17-19-59)81-52-47(36(64)28(61)22-75-52)83-50-43(71)39(67)35(63)25(2)78-50/h10,24-25,27-52,60-73H,11-23H2,1-9H3/t24-,25-,27-,28-,29+,30+,31-,32+,33?,34-,35-,36-,37+,38+,39+,40-,41+,42+,43+,44+,45+,46+,47+,48+,49-,50-,51-,52-,56-,57+,58+,59-/m0/s1. The summed E-state index contributed by atoms with van der Waals surface area (Å²) in [6, 6.07) is 0. The predicted octanol–water partition coefficient (Wildman–Crippen LogP) is -1.52. The molecule has 0 bridgehead atoms. The average molecular weight is 1210 g/mol. The molecule has 0 aromatic heterocycles. The summed E-state index contributed by atoms with van der Waals surface area (Å²) in [6.45, 7) is 17.3. The molecule has 0 radical (unpaired) electrons. The summed E-state index contributed by atoms with van der Waals surface area (Å²) in [4.78, 5) is 15.2. The van der Waals surface area contributed by atoms with Gasteiger partial charge < -0.3 is 119 Å². The fraction of sp³-hybridized carbons (Fsp3) is 0.949. The third kappa shape index (κ3) is 10.9. The van der Waals surface area contributed by atoms with Crippen LogP contribution >= 0.6 is 0 Å². The van der Waals surface area contributed by atoms with Crippen molar-refractivity contribution in [2.75, 3.05) is 19.8 Å². The van der Waals surface area contributed by atoms with Crippen LogP contribution in [0.1, 0.15) is 127 Å². The van der Waals surface area contributed by atoms with E-state index in [4.69, 9.17) is 47.4 Å². The van der Waals surface area contributed by atoms with Gasteiger partial charge in [-0.2, -0.15) is 0 Å². The summed E-state index contributed by atoms with van der Waals surface area (Å²) in [5.74, 6) is -0.449. The molecule has 84 heavy (non-hydrogen) atoms. The van der Waals surface area contributed by atoms with E-state index in [1.807, 2.05) is 0 Å². The van der Waals surface area contributed by atoms with E-state index < -0.39 is 177 Å². The lowest BCUT2D eigenvalue weighted by Crippen LogP contribution is -2.66. The molecule has 14 N–H and O–H groups in total. The lowest BCUT2D eigenvalue weighted by Gasteiger charge is -2.71. The Kier molecular flexibility index (Phi) is 18.5. The maximum Gasteiger partial charge on any atom is 0.315 e. The number of carbonyl (C=O) groups excluding carboxylic acids is 1. The molecule has 5 saturated heterocycles. The smallest absolute Gasteiger partial charge is 0.315 e. The highest BCUT2D eigenvalue weighted by atomic mass is 16.8. The van der Waals surface area contributed by atoms with Gasteiger partial charge in [0.15, 0.2) is 25.2 Å². The number of ether oxygens (including phenoxy) is 10. The van der Waals surface area contributed by atoms with Gasteiger partial charge in [-0.3, -0.25) is 4.79 Å². The largest absolute Gasteiger partial charge is 0.432 e. The third-order valence-corrected chi connectivity index (χ3v) is 23.0. The molecule has 5 aliphatic carbocycles. The number of hydrogen-bond acceptors (Lipinski definition) is 25. The van der Waals surface area contributed by atoms with Gasteiger partial charge in [0.1, 0.15) is 104 Å². The first kappa shape index (κ1) is 65.2. The van der Waals surface area contributed by atoms with Crippen LogP contribution in [0.3, 0.4) is 0 Å². The number of aliphatic hydroxyl groups is 14. The monoisotopic (exact) mass is 1200 g/mol. The normalized spacial score (nSPS) is 54.6. The molecule has 5 aliphatic heterocycles. The zero-order valence-electron chi connectivity index (χ0n) is 49.7. The summed E-state index contributed by atoms with van der Waals surface area (Å²) >= 11 is 0. The second-order valence-electron chi connectivity index (χ2n) is 28.6. The Morgan fingerprint density at radius 2 is 1.13 bits per heavy atom. The van der Waals surface area contributed by atoms with E-state index in [-0.39, 0.29) is 52.1 Å². The van der Waals surface area contributed by atoms with Gasteiger partial charge in [-0.25, -0.2) is 0 Å². The molecule has 0 amide bonds. The van der Waals surface area contributed by atoms with Crippen LogP contribution in [-0.2, 0) is 52.2 Å². The Bertz CT molecular complexity index is 2340. The van der Waals surface area contributed by atoms with Gasteiger partial charge in [-0.1, -0.05) is 60.1 Å². The van der Waals surface area contributed by atoms with Crippen molar-refractivity contribution in [1.29, 1.82) is 0 Å². The molecule has 25 nitrogen and oxygen atoms in total. The molecule has 482 valence electrons. The Balaban J connectivity index is 0.824. The minimum atomic E-state index is -1.88. The second kappa shape index (κ2) is 23.8. The van der Waals surface area contributed by atoms with Crippen molar-refractivity contribution in [3.63, 3.8) is 0 Å². The highest BCUT2D eigenvalue weighted by Gasteiger charge is 2.70. The van der Waals surface area contributed by atoms with Gasteiger partial charge in [0, 0.05) is 0 Å². The Hall–Kier alpha value is -1.71. The lowest BCUT2D eigenvalue weighted by atomic mass is 9.33. The van der Waals surface area contributed by atoms with Crippen LogP contribution in [0.4, 0.5) is 0 Å². The van der Waals surface area contributed by atoms with Gasteiger partial charge >= 0.3 is 5.97 Å². The van der Waals surface area contributed by atoms with Crippen LogP contribution in [0.2, 0.25) is 0 Å². The molecule has 10 rings (SSSR count). The van der Waals surface area contributed by atoms with E-state index in [1.54, 1.807) is 0 Å². The maximum absolute atomic E-state index is 15.2. The molecule has 9 fully saturated rings.